The van der Waals surface area contributed by atoms with Crippen molar-refractivity contribution in [3.05, 3.63) is 81.0 Å². The highest BCUT2D eigenvalue weighted by atomic mass is 35.5. The number of benzene rings is 2. The largest absolute Gasteiger partial charge is 0.493 e. The number of ether oxygens (including phenoxy) is 1. The molecule has 4 rings (SSSR count). The van der Waals surface area contributed by atoms with Gasteiger partial charge in [-0.25, -0.2) is 17.9 Å². The molecule has 0 aliphatic carbocycles. The van der Waals surface area contributed by atoms with Gasteiger partial charge in [-0.2, -0.15) is 0 Å². The SMILES string of the molecule is CC(c1c(Cl)c(=O)n(-c2ccc(F)cc2)n1C)N1CCC(CCOc2ccc(F)c(F)c2)CC1. The van der Waals surface area contributed by atoms with Gasteiger partial charge in [-0.15, -0.1) is 0 Å². The standard InChI is InChI=1S/C25H27ClF3N3O2/c1-16(24-23(26)25(33)32(30(24)2)19-5-3-18(27)4-6-19)31-12-9-17(10-13-31)11-14-34-20-7-8-21(28)22(29)15-20/h3-8,15-17H,9-14H2,1-2H3. The Bertz CT molecular complexity index is 1200. The highest BCUT2D eigenvalue weighted by Crippen LogP contribution is 2.31. The first-order chi connectivity index (χ1) is 16.3. The topological polar surface area (TPSA) is 39.4 Å². The summed E-state index contributed by atoms with van der Waals surface area (Å²) < 4.78 is 48.4. The summed E-state index contributed by atoms with van der Waals surface area (Å²) in [6.07, 6.45) is 2.73. The molecule has 2 heterocycles. The highest BCUT2D eigenvalue weighted by molar-refractivity contribution is 6.31. The fraction of sp³-hybridized carbons (Fsp3) is 0.400. The van der Waals surface area contributed by atoms with Crippen molar-refractivity contribution in [3.8, 4) is 11.4 Å². The summed E-state index contributed by atoms with van der Waals surface area (Å²) in [5.41, 5.74) is 0.937. The van der Waals surface area contributed by atoms with E-state index in [0.29, 0.717) is 24.0 Å². The molecule has 1 saturated heterocycles. The summed E-state index contributed by atoms with van der Waals surface area (Å²) in [7, 11) is 1.78. The van der Waals surface area contributed by atoms with E-state index in [1.54, 1.807) is 23.9 Å². The van der Waals surface area contributed by atoms with E-state index in [4.69, 9.17) is 16.3 Å². The predicted octanol–water partition coefficient (Wildman–Crippen LogP) is 5.49. The number of hydrogen-bond acceptors (Lipinski definition) is 3. The molecule has 182 valence electrons. The first-order valence-corrected chi connectivity index (χ1v) is 11.7. The lowest BCUT2D eigenvalue weighted by atomic mass is 9.93. The minimum Gasteiger partial charge on any atom is -0.493 e. The van der Waals surface area contributed by atoms with Gasteiger partial charge >= 0.3 is 0 Å². The van der Waals surface area contributed by atoms with E-state index in [1.165, 1.54) is 22.9 Å². The van der Waals surface area contributed by atoms with Gasteiger partial charge in [0.15, 0.2) is 11.6 Å². The van der Waals surface area contributed by atoms with Crippen LogP contribution in [-0.2, 0) is 7.05 Å². The van der Waals surface area contributed by atoms with E-state index in [2.05, 4.69) is 4.90 Å². The van der Waals surface area contributed by atoms with E-state index in [-0.39, 0.29) is 22.4 Å². The number of aromatic nitrogens is 2. The average molecular weight is 494 g/mol. The number of hydrogen-bond donors (Lipinski definition) is 0. The summed E-state index contributed by atoms with van der Waals surface area (Å²) in [6, 6.07) is 9.20. The Hall–Kier alpha value is -2.71. The van der Waals surface area contributed by atoms with Crippen LogP contribution in [-0.4, -0.2) is 34.0 Å². The molecule has 0 amide bonds. The van der Waals surface area contributed by atoms with Gasteiger partial charge in [-0.1, -0.05) is 11.6 Å². The molecule has 1 atom stereocenters. The molecule has 0 spiro atoms. The molecule has 1 aliphatic rings. The summed E-state index contributed by atoms with van der Waals surface area (Å²) in [5.74, 6) is -1.40. The minimum absolute atomic E-state index is 0.0775. The van der Waals surface area contributed by atoms with Crippen LogP contribution in [0.3, 0.4) is 0 Å². The van der Waals surface area contributed by atoms with Crippen molar-refractivity contribution in [2.75, 3.05) is 19.7 Å². The van der Waals surface area contributed by atoms with Gasteiger partial charge < -0.3 is 4.74 Å². The van der Waals surface area contributed by atoms with Gasteiger partial charge in [0.2, 0.25) is 0 Å². The first-order valence-electron chi connectivity index (χ1n) is 11.3. The van der Waals surface area contributed by atoms with Gasteiger partial charge in [0.1, 0.15) is 16.6 Å². The Labute approximate surface area is 201 Å². The zero-order valence-electron chi connectivity index (χ0n) is 19.1. The fourth-order valence-electron chi connectivity index (χ4n) is 4.63. The zero-order valence-corrected chi connectivity index (χ0v) is 19.9. The second-order valence-corrected chi connectivity index (χ2v) is 9.06. The van der Waals surface area contributed by atoms with Crippen LogP contribution in [0, 0.1) is 23.4 Å². The maximum Gasteiger partial charge on any atom is 0.290 e. The minimum atomic E-state index is -0.916. The van der Waals surface area contributed by atoms with Crippen molar-refractivity contribution < 1.29 is 17.9 Å². The van der Waals surface area contributed by atoms with Crippen molar-refractivity contribution in [1.29, 1.82) is 0 Å². The Balaban J connectivity index is 1.36. The van der Waals surface area contributed by atoms with Crippen LogP contribution in [0.5, 0.6) is 5.75 Å². The molecule has 1 aliphatic heterocycles. The third-order valence-corrected chi connectivity index (χ3v) is 6.96. The van der Waals surface area contributed by atoms with Crippen molar-refractivity contribution in [1.82, 2.24) is 14.3 Å². The lowest BCUT2D eigenvalue weighted by Crippen LogP contribution is -2.37. The maximum atomic E-state index is 13.3. The van der Waals surface area contributed by atoms with Gasteiger partial charge in [0.25, 0.3) is 5.56 Å². The third-order valence-electron chi connectivity index (χ3n) is 6.60. The quantitative estimate of drug-likeness (QED) is 0.437. The van der Waals surface area contributed by atoms with Crippen LogP contribution < -0.4 is 10.3 Å². The van der Waals surface area contributed by atoms with Gasteiger partial charge in [-0.05, 0) is 81.6 Å². The van der Waals surface area contributed by atoms with Crippen LogP contribution in [0.4, 0.5) is 13.2 Å². The molecule has 0 bridgehead atoms. The molecule has 2 aromatic carbocycles. The van der Waals surface area contributed by atoms with Crippen molar-refractivity contribution in [2.24, 2.45) is 13.0 Å². The van der Waals surface area contributed by atoms with Gasteiger partial charge in [0, 0.05) is 13.1 Å². The summed E-state index contributed by atoms with van der Waals surface area (Å²) in [6.45, 7) is 4.14. The van der Waals surface area contributed by atoms with Gasteiger partial charge in [0.05, 0.1) is 24.0 Å². The lowest BCUT2D eigenvalue weighted by Gasteiger charge is -2.36. The van der Waals surface area contributed by atoms with E-state index >= 15 is 0 Å². The van der Waals surface area contributed by atoms with Crippen molar-refractivity contribution in [2.45, 2.75) is 32.2 Å². The third kappa shape index (κ3) is 5.03. The molecule has 9 heteroatoms. The smallest absolute Gasteiger partial charge is 0.290 e. The lowest BCUT2D eigenvalue weighted by molar-refractivity contribution is 0.124. The summed E-state index contributed by atoms with van der Waals surface area (Å²) in [5, 5.41) is 0.168. The number of likely N-dealkylation sites (tertiary alicyclic amines) is 1. The number of halogens is 4. The second-order valence-electron chi connectivity index (χ2n) is 8.68. The molecule has 3 aromatic rings. The van der Waals surface area contributed by atoms with Crippen LogP contribution in [0.1, 0.15) is 37.9 Å². The molecule has 0 radical (unpaired) electrons. The van der Waals surface area contributed by atoms with Crippen molar-refractivity contribution in [3.63, 3.8) is 0 Å². The fourth-order valence-corrected chi connectivity index (χ4v) is 4.99. The summed E-state index contributed by atoms with van der Waals surface area (Å²) in [4.78, 5) is 15.1. The Kier molecular flexibility index (Phi) is 7.38. The first kappa shape index (κ1) is 24.4. The van der Waals surface area contributed by atoms with Gasteiger partial charge in [-0.3, -0.25) is 14.4 Å². The molecular weight excluding hydrogens is 467 g/mol. The molecule has 0 N–H and O–H groups in total. The molecule has 1 fully saturated rings. The van der Waals surface area contributed by atoms with E-state index in [9.17, 15) is 18.0 Å². The molecule has 0 saturated carbocycles. The Morgan fingerprint density at radius 1 is 1.06 bits per heavy atom. The molecular formula is C25H27ClF3N3O2. The highest BCUT2D eigenvalue weighted by Gasteiger charge is 2.29. The molecule has 1 aromatic heterocycles. The molecule has 1 unspecified atom stereocenters. The van der Waals surface area contributed by atoms with Crippen LogP contribution in [0.15, 0.2) is 47.3 Å². The van der Waals surface area contributed by atoms with E-state index in [0.717, 1.165) is 50.2 Å². The van der Waals surface area contributed by atoms with E-state index < -0.39 is 11.6 Å². The summed E-state index contributed by atoms with van der Waals surface area (Å²) >= 11 is 6.47. The van der Waals surface area contributed by atoms with E-state index in [1.807, 2.05) is 6.92 Å². The Morgan fingerprint density at radius 2 is 1.74 bits per heavy atom. The maximum absolute atomic E-state index is 13.3. The number of nitrogens with zero attached hydrogens (tertiary/aromatic N) is 3. The number of piperidine rings is 1. The number of rotatable bonds is 7. The van der Waals surface area contributed by atoms with Crippen molar-refractivity contribution >= 4 is 11.6 Å². The monoisotopic (exact) mass is 493 g/mol. The molecule has 5 nitrogen and oxygen atoms in total. The normalized spacial score (nSPS) is 16.1. The molecule has 34 heavy (non-hydrogen) atoms. The predicted molar refractivity (Wildman–Crippen MR) is 125 cm³/mol. The second kappa shape index (κ2) is 10.3. The van der Waals surface area contributed by atoms with Crippen LogP contribution in [0.25, 0.3) is 5.69 Å². The van der Waals surface area contributed by atoms with Crippen LogP contribution in [0.2, 0.25) is 5.02 Å². The Morgan fingerprint density at radius 3 is 2.38 bits per heavy atom. The van der Waals surface area contributed by atoms with Crippen LogP contribution >= 0.6 is 11.6 Å². The zero-order chi connectivity index (χ0) is 24.4. The average Bonchev–Trinajstić information content (AvgIpc) is 3.05.